The van der Waals surface area contributed by atoms with Crippen molar-refractivity contribution in [3.8, 4) is 5.75 Å². The first kappa shape index (κ1) is 25.7. The van der Waals surface area contributed by atoms with Crippen LogP contribution in [0.5, 0.6) is 5.75 Å². The topological polar surface area (TPSA) is 108 Å². The Kier molecular flexibility index (Phi) is 8.43. The van der Waals surface area contributed by atoms with Crippen molar-refractivity contribution in [3.63, 3.8) is 0 Å². The first-order valence-corrected chi connectivity index (χ1v) is 11.3. The lowest BCUT2D eigenvalue weighted by Crippen LogP contribution is -2.28. The van der Waals surface area contributed by atoms with Crippen LogP contribution in [0.1, 0.15) is 42.6 Å². The molecule has 0 unspecified atom stereocenters. The number of nitro groups is 1. The van der Waals surface area contributed by atoms with E-state index < -0.39 is 29.5 Å². The van der Waals surface area contributed by atoms with E-state index in [1.807, 2.05) is 19.1 Å². The first-order valence-electron chi connectivity index (χ1n) is 10.9. The van der Waals surface area contributed by atoms with Crippen LogP contribution in [0.25, 0.3) is 0 Å². The quantitative estimate of drug-likeness (QED) is 0.222. The SMILES string of the molecule is Cc1cc(OCC(=O)O[C@@H](C(=O)Nc2ccc([N+](=O)[O-])cc2Cl)c2ccccc2)ccc1C(C)C. The van der Waals surface area contributed by atoms with Gasteiger partial charge in [0.2, 0.25) is 6.10 Å². The number of hydrogen-bond acceptors (Lipinski definition) is 6. The molecule has 3 rings (SSSR count). The molecule has 0 fully saturated rings. The molecule has 1 amide bonds. The largest absolute Gasteiger partial charge is 0.482 e. The van der Waals surface area contributed by atoms with Crippen LogP contribution in [0.15, 0.2) is 66.7 Å². The Morgan fingerprint density at radius 2 is 1.77 bits per heavy atom. The lowest BCUT2D eigenvalue weighted by molar-refractivity contribution is -0.384. The molecule has 182 valence electrons. The van der Waals surface area contributed by atoms with Gasteiger partial charge in [0.25, 0.3) is 11.6 Å². The highest BCUT2D eigenvalue weighted by Crippen LogP contribution is 2.29. The van der Waals surface area contributed by atoms with Gasteiger partial charge in [-0.3, -0.25) is 14.9 Å². The number of carbonyl (C=O) groups is 2. The van der Waals surface area contributed by atoms with Crippen molar-refractivity contribution in [2.24, 2.45) is 0 Å². The van der Waals surface area contributed by atoms with E-state index >= 15 is 0 Å². The highest BCUT2D eigenvalue weighted by molar-refractivity contribution is 6.34. The van der Waals surface area contributed by atoms with Gasteiger partial charge in [0.15, 0.2) is 6.61 Å². The maximum atomic E-state index is 13.0. The minimum atomic E-state index is -1.29. The number of carbonyl (C=O) groups excluding carboxylic acids is 2. The number of nitro benzene ring substituents is 1. The average Bonchev–Trinajstić information content (AvgIpc) is 2.82. The molecule has 0 radical (unpaired) electrons. The number of halogens is 1. The lowest BCUT2D eigenvalue weighted by atomic mass is 9.98. The molecule has 0 aromatic heterocycles. The molecule has 35 heavy (non-hydrogen) atoms. The molecule has 0 heterocycles. The van der Waals surface area contributed by atoms with E-state index in [1.54, 1.807) is 36.4 Å². The highest BCUT2D eigenvalue weighted by Gasteiger charge is 2.26. The van der Waals surface area contributed by atoms with Gasteiger partial charge in [-0.1, -0.05) is 61.8 Å². The van der Waals surface area contributed by atoms with Crippen molar-refractivity contribution in [1.82, 2.24) is 0 Å². The molecular formula is C26H25ClN2O6. The molecule has 3 aromatic rings. The second-order valence-electron chi connectivity index (χ2n) is 8.15. The molecule has 0 spiro atoms. The van der Waals surface area contributed by atoms with Gasteiger partial charge < -0.3 is 14.8 Å². The van der Waals surface area contributed by atoms with E-state index in [1.165, 1.54) is 17.7 Å². The van der Waals surface area contributed by atoms with Gasteiger partial charge in [0.05, 0.1) is 15.6 Å². The number of non-ortho nitro benzene ring substituents is 1. The van der Waals surface area contributed by atoms with Crippen molar-refractivity contribution >= 4 is 34.9 Å². The average molecular weight is 497 g/mol. The van der Waals surface area contributed by atoms with Crippen LogP contribution in [-0.4, -0.2) is 23.4 Å². The fraction of sp³-hybridized carbons (Fsp3) is 0.231. The number of hydrogen-bond donors (Lipinski definition) is 1. The molecule has 0 aliphatic heterocycles. The van der Waals surface area contributed by atoms with E-state index in [4.69, 9.17) is 21.1 Å². The predicted octanol–water partition coefficient (Wildman–Crippen LogP) is 5.98. The molecule has 0 aliphatic rings. The molecule has 0 saturated heterocycles. The molecule has 0 bridgehead atoms. The van der Waals surface area contributed by atoms with Gasteiger partial charge in [-0.2, -0.15) is 0 Å². The number of benzene rings is 3. The number of aryl methyl sites for hydroxylation is 1. The van der Waals surface area contributed by atoms with Crippen LogP contribution in [0.2, 0.25) is 5.02 Å². The molecule has 1 N–H and O–H groups in total. The van der Waals surface area contributed by atoms with Crippen LogP contribution in [-0.2, 0) is 14.3 Å². The molecule has 9 heteroatoms. The van der Waals surface area contributed by atoms with Crippen LogP contribution < -0.4 is 10.1 Å². The predicted molar refractivity (Wildman–Crippen MR) is 133 cm³/mol. The van der Waals surface area contributed by atoms with Crippen LogP contribution in [0, 0.1) is 17.0 Å². The highest BCUT2D eigenvalue weighted by atomic mass is 35.5. The second kappa shape index (κ2) is 11.5. The first-order chi connectivity index (χ1) is 16.7. The van der Waals surface area contributed by atoms with Crippen LogP contribution in [0.4, 0.5) is 11.4 Å². The Hall–Kier alpha value is -3.91. The molecule has 8 nitrogen and oxygen atoms in total. The molecule has 3 aromatic carbocycles. The number of esters is 1. The number of anilines is 1. The fourth-order valence-corrected chi connectivity index (χ4v) is 3.73. The summed E-state index contributed by atoms with van der Waals surface area (Å²) < 4.78 is 11.0. The summed E-state index contributed by atoms with van der Waals surface area (Å²) in [6.07, 6.45) is -1.29. The number of nitrogens with one attached hydrogen (secondary N) is 1. The van der Waals surface area contributed by atoms with Gasteiger partial charge in [-0.25, -0.2) is 4.79 Å². The van der Waals surface area contributed by atoms with Crippen molar-refractivity contribution in [3.05, 3.63) is 98.6 Å². The third-order valence-electron chi connectivity index (χ3n) is 5.23. The summed E-state index contributed by atoms with van der Waals surface area (Å²) in [6.45, 7) is 5.77. The number of rotatable bonds is 9. The van der Waals surface area contributed by atoms with Gasteiger partial charge in [0.1, 0.15) is 5.75 Å². The summed E-state index contributed by atoms with van der Waals surface area (Å²) in [5.41, 5.74) is 2.61. The Balaban J connectivity index is 1.72. The maximum Gasteiger partial charge on any atom is 0.345 e. The van der Waals surface area contributed by atoms with E-state index in [2.05, 4.69) is 19.2 Å². The fourth-order valence-electron chi connectivity index (χ4n) is 3.51. The van der Waals surface area contributed by atoms with Crippen LogP contribution >= 0.6 is 11.6 Å². The molecular weight excluding hydrogens is 472 g/mol. The van der Waals surface area contributed by atoms with Gasteiger partial charge in [-0.05, 0) is 42.2 Å². The number of amides is 1. The summed E-state index contributed by atoms with van der Waals surface area (Å²) in [4.78, 5) is 35.9. The summed E-state index contributed by atoms with van der Waals surface area (Å²) in [5.74, 6) is -0.530. The molecule has 0 aliphatic carbocycles. The van der Waals surface area contributed by atoms with Gasteiger partial charge >= 0.3 is 5.97 Å². The van der Waals surface area contributed by atoms with E-state index in [0.717, 1.165) is 11.6 Å². The maximum absolute atomic E-state index is 13.0. The normalized spacial score (nSPS) is 11.6. The molecule has 0 saturated carbocycles. The second-order valence-corrected chi connectivity index (χ2v) is 8.56. The number of nitrogens with zero attached hydrogens (tertiary/aromatic N) is 1. The standard InChI is InChI=1S/C26H25ClN2O6/c1-16(2)21-11-10-20(13-17(21)3)34-15-24(30)35-25(18-7-5-4-6-8-18)26(31)28-23-12-9-19(29(32)33)14-22(23)27/h4-14,16,25H,15H2,1-3H3,(H,28,31)/t25-/m1/s1. The van der Waals surface area contributed by atoms with E-state index in [-0.39, 0.29) is 16.4 Å². The lowest BCUT2D eigenvalue weighted by Gasteiger charge is -2.19. The van der Waals surface area contributed by atoms with Crippen molar-refractivity contribution in [1.29, 1.82) is 0 Å². The van der Waals surface area contributed by atoms with Crippen LogP contribution in [0.3, 0.4) is 0 Å². The summed E-state index contributed by atoms with van der Waals surface area (Å²) in [6, 6.07) is 17.7. The Morgan fingerprint density at radius 3 is 2.37 bits per heavy atom. The zero-order valence-electron chi connectivity index (χ0n) is 19.5. The smallest absolute Gasteiger partial charge is 0.345 e. The molecule has 1 atom stereocenters. The monoisotopic (exact) mass is 496 g/mol. The van der Waals surface area contributed by atoms with Gasteiger partial charge in [-0.15, -0.1) is 0 Å². The number of ether oxygens (including phenoxy) is 2. The zero-order chi connectivity index (χ0) is 25.5. The van der Waals surface area contributed by atoms with Crippen molar-refractivity contribution < 1.29 is 24.0 Å². The Bertz CT molecular complexity index is 1230. The van der Waals surface area contributed by atoms with E-state index in [0.29, 0.717) is 17.2 Å². The summed E-state index contributed by atoms with van der Waals surface area (Å²) >= 11 is 6.09. The zero-order valence-corrected chi connectivity index (χ0v) is 20.2. The minimum Gasteiger partial charge on any atom is -0.482 e. The van der Waals surface area contributed by atoms with E-state index in [9.17, 15) is 19.7 Å². The van der Waals surface area contributed by atoms with Gasteiger partial charge in [0, 0.05) is 17.7 Å². The summed E-state index contributed by atoms with van der Waals surface area (Å²) in [5, 5.41) is 13.5. The summed E-state index contributed by atoms with van der Waals surface area (Å²) in [7, 11) is 0. The Labute approximate surface area is 208 Å². The minimum absolute atomic E-state index is 0.0192. The Morgan fingerprint density at radius 1 is 1.06 bits per heavy atom. The van der Waals surface area contributed by atoms with Crippen molar-refractivity contribution in [2.45, 2.75) is 32.8 Å². The third-order valence-corrected chi connectivity index (χ3v) is 5.54. The third kappa shape index (κ3) is 6.80. The van der Waals surface area contributed by atoms with Crippen molar-refractivity contribution in [2.75, 3.05) is 11.9 Å².